The Labute approximate surface area is 164 Å². The molecule has 146 valence electrons. The van der Waals surface area contributed by atoms with E-state index in [0.29, 0.717) is 36.7 Å². The SMILES string of the molecule is CC(C)c1nc(C(=O)N2CCC3CCC(C2)N3)nn1-c1ccccc1F.Cl. The van der Waals surface area contributed by atoms with Crippen LogP contribution in [0, 0.1) is 5.82 Å². The third kappa shape index (κ3) is 3.84. The number of benzene rings is 1. The highest BCUT2D eigenvalue weighted by Gasteiger charge is 2.33. The fraction of sp³-hybridized carbons (Fsp3) is 0.526. The predicted octanol–water partition coefficient (Wildman–Crippen LogP) is 2.92. The lowest BCUT2D eigenvalue weighted by molar-refractivity contribution is 0.0736. The first kappa shape index (κ1) is 19.8. The molecule has 3 heterocycles. The van der Waals surface area contributed by atoms with E-state index in [1.807, 2.05) is 18.7 Å². The van der Waals surface area contributed by atoms with E-state index < -0.39 is 0 Å². The summed E-state index contributed by atoms with van der Waals surface area (Å²) >= 11 is 0. The van der Waals surface area contributed by atoms with Crippen molar-refractivity contribution in [3.63, 3.8) is 0 Å². The second-order valence-electron chi connectivity index (χ2n) is 7.49. The van der Waals surface area contributed by atoms with E-state index in [0.717, 1.165) is 12.8 Å². The molecule has 8 heteroatoms. The molecule has 6 nitrogen and oxygen atoms in total. The van der Waals surface area contributed by atoms with Crippen molar-refractivity contribution in [1.82, 2.24) is 25.0 Å². The maximum atomic E-state index is 14.2. The molecule has 2 unspecified atom stereocenters. The fourth-order valence-electron chi connectivity index (χ4n) is 3.86. The van der Waals surface area contributed by atoms with Crippen LogP contribution in [0.2, 0.25) is 0 Å². The van der Waals surface area contributed by atoms with Crippen LogP contribution in [0.1, 0.15) is 55.5 Å². The average Bonchev–Trinajstić information content (AvgIpc) is 3.18. The standard InChI is InChI=1S/C19H24FN5O.ClH/c1-12(2)18-22-17(23-25(18)16-6-4-3-5-15(16)20)19(26)24-10-9-13-7-8-14(11-24)21-13;/h3-6,12-14,21H,7-11H2,1-2H3;1H. The molecule has 2 fully saturated rings. The molecule has 2 bridgehead atoms. The van der Waals surface area contributed by atoms with E-state index in [4.69, 9.17) is 0 Å². The maximum absolute atomic E-state index is 14.2. The number of rotatable bonds is 3. The zero-order valence-corrected chi connectivity index (χ0v) is 16.4. The van der Waals surface area contributed by atoms with E-state index in [1.54, 1.807) is 18.2 Å². The predicted molar refractivity (Wildman–Crippen MR) is 103 cm³/mol. The maximum Gasteiger partial charge on any atom is 0.293 e. The zero-order valence-electron chi connectivity index (χ0n) is 15.6. The molecule has 1 aromatic carbocycles. The lowest BCUT2D eigenvalue weighted by atomic mass is 10.1. The molecule has 2 saturated heterocycles. The van der Waals surface area contributed by atoms with Crippen LogP contribution in [0.25, 0.3) is 5.69 Å². The summed E-state index contributed by atoms with van der Waals surface area (Å²) in [4.78, 5) is 19.3. The van der Waals surface area contributed by atoms with E-state index in [1.165, 1.54) is 17.2 Å². The van der Waals surface area contributed by atoms with Gasteiger partial charge in [0.1, 0.15) is 17.3 Å². The first-order valence-electron chi connectivity index (χ1n) is 9.30. The van der Waals surface area contributed by atoms with Gasteiger partial charge in [-0.05, 0) is 31.4 Å². The van der Waals surface area contributed by atoms with Crippen molar-refractivity contribution in [1.29, 1.82) is 0 Å². The van der Waals surface area contributed by atoms with E-state index >= 15 is 0 Å². The molecule has 1 amide bonds. The lowest BCUT2D eigenvalue weighted by Gasteiger charge is -2.22. The van der Waals surface area contributed by atoms with Crippen LogP contribution < -0.4 is 5.32 Å². The van der Waals surface area contributed by atoms with Gasteiger partial charge in [0.25, 0.3) is 5.91 Å². The van der Waals surface area contributed by atoms with Crippen molar-refractivity contribution in [2.75, 3.05) is 13.1 Å². The molecular weight excluding hydrogens is 369 g/mol. The Hall–Kier alpha value is -1.99. The molecule has 4 rings (SSSR count). The van der Waals surface area contributed by atoms with Gasteiger partial charge in [0, 0.05) is 31.1 Å². The summed E-state index contributed by atoms with van der Waals surface area (Å²) in [6.45, 7) is 5.31. The quantitative estimate of drug-likeness (QED) is 0.870. The Morgan fingerprint density at radius 3 is 2.70 bits per heavy atom. The Bertz CT molecular complexity index is 824. The minimum absolute atomic E-state index is 0. The van der Waals surface area contributed by atoms with Crippen LogP contribution in [0.15, 0.2) is 24.3 Å². The summed E-state index contributed by atoms with van der Waals surface area (Å²) in [5.74, 6) is 0.207. The van der Waals surface area contributed by atoms with Gasteiger partial charge in [0.2, 0.25) is 5.82 Å². The first-order valence-corrected chi connectivity index (χ1v) is 9.30. The van der Waals surface area contributed by atoms with Gasteiger partial charge in [-0.2, -0.15) is 0 Å². The van der Waals surface area contributed by atoms with Gasteiger partial charge in [0.05, 0.1) is 0 Å². The van der Waals surface area contributed by atoms with E-state index in [2.05, 4.69) is 15.4 Å². The van der Waals surface area contributed by atoms with Gasteiger partial charge >= 0.3 is 0 Å². The molecule has 27 heavy (non-hydrogen) atoms. The van der Waals surface area contributed by atoms with Crippen LogP contribution in [0.3, 0.4) is 0 Å². The van der Waals surface area contributed by atoms with Gasteiger partial charge in [-0.15, -0.1) is 17.5 Å². The fourth-order valence-corrected chi connectivity index (χ4v) is 3.86. The number of carbonyl (C=O) groups excluding carboxylic acids is 1. The smallest absolute Gasteiger partial charge is 0.293 e. The van der Waals surface area contributed by atoms with Gasteiger partial charge in [-0.25, -0.2) is 14.1 Å². The third-order valence-corrected chi connectivity index (χ3v) is 5.23. The third-order valence-electron chi connectivity index (χ3n) is 5.23. The minimum atomic E-state index is -0.380. The molecule has 2 atom stereocenters. The Morgan fingerprint density at radius 2 is 1.96 bits per heavy atom. The summed E-state index contributed by atoms with van der Waals surface area (Å²) in [5.41, 5.74) is 0.319. The second kappa shape index (κ2) is 7.94. The van der Waals surface area contributed by atoms with Gasteiger partial charge in [0.15, 0.2) is 0 Å². The van der Waals surface area contributed by atoms with Crippen molar-refractivity contribution in [3.05, 3.63) is 41.7 Å². The lowest BCUT2D eigenvalue weighted by Crippen LogP contribution is -2.39. The zero-order chi connectivity index (χ0) is 18.3. The molecule has 0 saturated carbocycles. The number of fused-ring (bicyclic) bond motifs is 2. The Kier molecular flexibility index (Phi) is 5.81. The first-order chi connectivity index (χ1) is 12.5. The summed E-state index contributed by atoms with van der Waals surface area (Å²) < 4.78 is 15.7. The highest BCUT2D eigenvalue weighted by Crippen LogP contribution is 2.23. The molecular formula is C19H25ClFN5O. The molecule has 0 aliphatic carbocycles. The van der Waals surface area contributed by atoms with E-state index in [-0.39, 0.29) is 35.9 Å². The van der Waals surface area contributed by atoms with Gasteiger partial charge < -0.3 is 10.2 Å². The number of para-hydroxylation sites is 1. The number of nitrogens with zero attached hydrogens (tertiary/aromatic N) is 4. The van der Waals surface area contributed by atoms with Crippen LogP contribution in [0.4, 0.5) is 4.39 Å². The number of hydrogen-bond donors (Lipinski definition) is 1. The summed E-state index contributed by atoms with van der Waals surface area (Å²) in [7, 11) is 0. The highest BCUT2D eigenvalue weighted by molar-refractivity contribution is 5.90. The number of aromatic nitrogens is 3. The number of likely N-dealkylation sites (tertiary alicyclic amines) is 1. The molecule has 1 N–H and O–H groups in total. The number of hydrogen-bond acceptors (Lipinski definition) is 4. The number of amides is 1. The number of carbonyl (C=O) groups is 1. The molecule has 0 spiro atoms. The molecule has 0 radical (unpaired) electrons. The highest BCUT2D eigenvalue weighted by atomic mass is 35.5. The minimum Gasteiger partial charge on any atom is -0.334 e. The van der Waals surface area contributed by atoms with Crippen molar-refractivity contribution in [3.8, 4) is 5.69 Å². The topological polar surface area (TPSA) is 63.1 Å². The van der Waals surface area contributed by atoms with E-state index in [9.17, 15) is 9.18 Å². The van der Waals surface area contributed by atoms with Crippen LogP contribution in [-0.4, -0.2) is 50.7 Å². The number of halogens is 2. The van der Waals surface area contributed by atoms with Crippen molar-refractivity contribution in [2.45, 2.75) is 51.1 Å². The monoisotopic (exact) mass is 393 g/mol. The van der Waals surface area contributed by atoms with Crippen LogP contribution in [-0.2, 0) is 0 Å². The Morgan fingerprint density at radius 1 is 1.22 bits per heavy atom. The van der Waals surface area contributed by atoms with Crippen molar-refractivity contribution in [2.24, 2.45) is 0 Å². The largest absolute Gasteiger partial charge is 0.334 e. The molecule has 2 aliphatic heterocycles. The number of nitrogens with one attached hydrogen (secondary N) is 1. The van der Waals surface area contributed by atoms with Gasteiger partial charge in [-0.1, -0.05) is 26.0 Å². The van der Waals surface area contributed by atoms with Crippen molar-refractivity contribution < 1.29 is 9.18 Å². The van der Waals surface area contributed by atoms with Crippen LogP contribution in [0.5, 0.6) is 0 Å². The molecule has 2 aliphatic rings. The summed E-state index contributed by atoms with van der Waals surface area (Å²) in [6.07, 6.45) is 3.24. The summed E-state index contributed by atoms with van der Waals surface area (Å²) in [6, 6.07) is 7.29. The van der Waals surface area contributed by atoms with Crippen LogP contribution >= 0.6 is 12.4 Å². The second-order valence-corrected chi connectivity index (χ2v) is 7.49. The summed E-state index contributed by atoms with van der Waals surface area (Å²) in [5, 5.41) is 7.95. The van der Waals surface area contributed by atoms with Gasteiger partial charge in [-0.3, -0.25) is 4.79 Å². The van der Waals surface area contributed by atoms with Crippen molar-refractivity contribution >= 4 is 18.3 Å². The average molecular weight is 394 g/mol. The molecule has 2 aromatic rings. The Balaban J connectivity index is 0.00000210. The molecule has 1 aromatic heterocycles. The normalized spacial score (nSPS) is 21.9.